The first-order chi connectivity index (χ1) is 16.0. The molecule has 2 heterocycles. The molecule has 0 bridgehead atoms. The first-order valence-corrected chi connectivity index (χ1v) is 12.6. The fraction of sp³-hybridized carbons (Fsp3) is 0.500. The molecule has 2 aromatic rings. The number of ether oxygens (including phenoxy) is 1. The largest absolute Gasteiger partial charge is 0.450 e. The number of nitrogens with zero attached hydrogens (tertiary/aromatic N) is 2. The first-order valence-electron chi connectivity index (χ1n) is 11.5. The van der Waals surface area contributed by atoms with Crippen molar-refractivity contribution < 1.29 is 22.7 Å². The average Bonchev–Trinajstić information content (AvgIpc) is 3.59. The summed E-state index contributed by atoms with van der Waals surface area (Å²) in [6.45, 7) is 4.01. The van der Waals surface area contributed by atoms with Gasteiger partial charge in [-0.05, 0) is 55.4 Å². The highest BCUT2D eigenvalue weighted by Gasteiger charge is 2.58. The molecule has 176 valence electrons. The molecule has 1 aliphatic carbocycles. The zero-order valence-corrected chi connectivity index (χ0v) is 19.7. The van der Waals surface area contributed by atoms with Crippen LogP contribution in [0.5, 0.6) is 5.88 Å². The molecule has 4 rings (SSSR count). The number of cyclic esters (lactones) is 1. The predicted octanol–water partition coefficient (Wildman–Crippen LogP) is 4.12. The lowest BCUT2D eigenvalue weighted by Crippen LogP contribution is -2.38. The number of rotatable bonds is 11. The van der Waals surface area contributed by atoms with E-state index in [1.165, 1.54) is 6.20 Å². The molecule has 1 aromatic heterocycles. The number of hydrogen-bond donors (Lipinski definition) is 1. The van der Waals surface area contributed by atoms with E-state index >= 15 is 0 Å². The molecular weight excluding hydrogens is 442 g/mol. The van der Waals surface area contributed by atoms with Crippen LogP contribution in [0.15, 0.2) is 42.6 Å². The van der Waals surface area contributed by atoms with Crippen molar-refractivity contribution in [1.82, 2.24) is 10.2 Å². The second-order valence-electron chi connectivity index (χ2n) is 8.73. The second kappa shape index (κ2) is 9.99. The van der Waals surface area contributed by atoms with Gasteiger partial charge < -0.3 is 8.92 Å². The Balaban J connectivity index is 1.56. The van der Waals surface area contributed by atoms with Crippen molar-refractivity contribution in [2.75, 3.05) is 4.72 Å². The molecule has 3 unspecified atom stereocenters. The molecule has 33 heavy (non-hydrogen) atoms. The zero-order chi connectivity index (χ0) is 23.4. The number of esters is 1. The Morgan fingerprint density at radius 3 is 2.58 bits per heavy atom. The fourth-order valence-corrected chi connectivity index (χ4v) is 5.42. The van der Waals surface area contributed by atoms with Crippen LogP contribution >= 0.6 is 0 Å². The number of hydrogen-bond acceptors (Lipinski definition) is 7. The standard InChI is InChI=1S/C24H29N3O5S/c1-3-12-24(13-4-2)22(28)21(23(29)31-24)20(16-10-11-16)17-7-5-8-18(15-17)27-33(30)32-19-9-6-14-25-26-19/h5-9,14-16,20-21,27H,3-4,10-13H2,1-2H3. The Labute approximate surface area is 196 Å². The van der Waals surface area contributed by atoms with E-state index < -0.39 is 28.8 Å². The molecule has 1 N–H and O–H groups in total. The first kappa shape index (κ1) is 23.4. The smallest absolute Gasteiger partial charge is 0.318 e. The third-order valence-electron chi connectivity index (χ3n) is 6.26. The van der Waals surface area contributed by atoms with Crippen LogP contribution in [0.1, 0.15) is 63.9 Å². The minimum absolute atomic E-state index is 0.0824. The lowest BCUT2D eigenvalue weighted by atomic mass is 9.75. The van der Waals surface area contributed by atoms with Gasteiger partial charge in [-0.1, -0.05) is 38.8 Å². The van der Waals surface area contributed by atoms with Gasteiger partial charge in [0.2, 0.25) is 0 Å². The number of nitrogens with one attached hydrogen (secondary N) is 1. The van der Waals surface area contributed by atoms with Crippen molar-refractivity contribution in [3.05, 3.63) is 48.2 Å². The van der Waals surface area contributed by atoms with Crippen molar-refractivity contribution in [2.24, 2.45) is 11.8 Å². The average molecular weight is 472 g/mol. The van der Waals surface area contributed by atoms with Crippen LogP contribution in [0.3, 0.4) is 0 Å². The molecule has 9 heteroatoms. The molecule has 0 radical (unpaired) electrons. The number of carbonyl (C=O) groups excluding carboxylic acids is 2. The maximum Gasteiger partial charge on any atom is 0.318 e. The quantitative estimate of drug-likeness (QED) is 0.388. The number of benzene rings is 1. The minimum Gasteiger partial charge on any atom is -0.450 e. The lowest BCUT2D eigenvalue weighted by Gasteiger charge is -2.26. The van der Waals surface area contributed by atoms with Gasteiger partial charge in [0.05, 0.1) is 0 Å². The Bertz CT molecular complexity index is 1020. The summed E-state index contributed by atoms with van der Waals surface area (Å²) < 4.78 is 26.2. The summed E-state index contributed by atoms with van der Waals surface area (Å²) in [7, 11) is 0. The highest BCUT2D eigenvalue weighted by Crippen LogP contribution is 2.51. The van der Waals surface area contributed by atoms with Crippen molar-refractivity contribution >= 4 is 28.7 Å². The zero-order valence-electron chi connectivity index (χ0n) is 18.9. The van der Waals surface area contributed by atoms with Crippen molar-refractivity contribution in [1.29, 1.82) is 0 Å². The minimum atomic E-state index is -1.88. The predicted molar refractivity (Wildman–Crippen MR) is 123 cm³/mol. The Morgan fingerprint density at radius 1 is 1.18 bits per heavy atom. The lowest BCUT2D eigenvalue weighted by molar-refractivity contribution is -0.154. The van der Waals surface area contributed by atoms with E-state index in [0.717, 1.165) is 31.2 Å². The normalized spacial score (nSPS) is 21.3. The number of aromatic nitrogens is 2. The summed E-state index contributed by atoms with van der Waals surface area (Å²) in [6, 6.07) is 10.5. The number of Topliss-reactive ketones (excluding diaryl/α,β-unsaturated/α-hetero) is 1. The number of carbonyl (C=O) groups is 2. The molecule has 8 nitrogen and oxygen atoms in total. The van der Waals surface area contributed by atoms with Crippen molar-refractivity contribution in [2.45, 2.75) is 63.9 Å². The van der Waals surface area contributed by atoms with E-state index in [2.05, 4.69) is 14.9 Å². The van der Waals surface area contributed by atoms with Crippen LogP contribution in [0.2, 0.25) is 0 Å². The summed E-state index contributed by atoms with van der Waals surface area (Å²) >= 11 is -1.88. The van der Waals surface area contributed by atoms with Crippen molar-refractivity contribution in [3.63, 3.8) is 0 Å². The molecule has 1 aliphatic heterocycles. The number of anilines is 1. The second-order valence-corrected chi connectivity index (χ2v) is 9.57. The summed E-state index contributed by atoms with van der Waals surface area (Å²) in [5.41, 5.74) is 0.422. The van der Waals surface area contributed by atoms with E-state index in [0.29, 0.717) is 18.5 Å². The van der Waals surface area contributed by atoms with Gasteiger partial charge in [0.25, 0.3) is 5.88 Å². The molecule has 0 amide bonds. The summed E-state index contributed by atoms with van der Waals surface area (Å²) in [5, 5.41) is 7.45. The maximum absolute atomic E-state index is 13.6. The van der Waals surface area contributed by atoms with Gasteiger partial charge in [0, 0.05) is 23.9 Å². The van der Waals surface area contributed by atoms with Gasteiger partial charge >= 0.3 is 17.2 Å². The van der Waals surface area contributed by atoms with Crippen LogP contribution in [-0.2, 0) is 25.6 Å². The van der Waals surface area contributed by atoms with E-state index in [9.17, 15) is 13.8 Å². The van der Waals surface area contributed by atoms with Crippen LogP contribution in [-0.4, -0.2) is 31.8 Å². The highest BCUT2D eigenvalue weighted by atomic mass is 32.2. The molecule has 3 atom stereocenters. The van der Waals surface area contributed by atoms with Gasteiger partial charge in [-0.3, -0.25) is 14.3 Å². The van der Waals surface area contributed by atoms with Gasteiger partial charge in [-0.2, -0.15) is 9.31 Å². The fourth-order valence-electron chi connectivity index (χ4n) is 4.82. The Kier molecular flexibility index (Phi) is 7.07. The molecule has 1 saturated carbocycles. The molecular formula is C24H29N3O5S. The van der Waals surface area contributed by atoms with E-state index in [1.807, 2.05) is 32.0 Å². The van der Waals surface area contributed by atoms with Gasteiger partial charge in [-0.25, -0.2) is 0 Å². The van der Waals surface area contributed by atoms with Crippen LogP contribution in [0.25, 0.3) is 0 Å². The summed E-state index contributed by atoms with van der Waals surface area (Å²) in [6.07, 6.45) is 6.09. The summed E-state index contributed by atoms with van der Waals surface area (Å²) in [5.74, 6) is -1.16. The van der Waals surface area contributed by atoms with Crippen LogP contribution < -0.4 is 8.91 Å². The molecule has 1 aromatic carbocycles. The maximum atomic E-state index is 13.6. The third-order valence-corrected chi connectivity index (χ3v) is 6.98. The Hall–Kier alpha value is -2.81. The monoisotopic (exact) mass is 471 g/mol. The molecule has 2 fully saturated rings. The van der Waals surface area contributed by atoms with E-state index in [4.69, 9.17) is 8.92 Å². The molecule has 2 aliphatic rings. The topological polar surface area (TPSA) is 107 Å². The number of ketones is 1. The van der Waals surface area contributed by atoms with Gasteiger partial charge in [0.1, 0.15) is 5.92 Å². The molecule has 0 spiro atoms. The van der Waals surface area contributed by atoms with Gasteiger partial charge in [-0.15, -0.1) is 5.10 Å². The van der Waals surface area contributed by atoms with Crippen LogP contribution in [0.4, 0.5) is 5.69 Å². The third kappa shape index (κ3) is 5.08. The van der Waals surface area contributed by atoms with Crippen molar-refractivity contribution in [3.8, 4) is 5.88 Å². The SMILES string of the molecule is CCCC1(CCC)OC(=O)C(C(c2cccc(NS(=O)Oc3cccnn3)c2)C2CC2)C1=O. The summed E-state index contributed by atoms with van der Waals surface area (Å²) in [4.78, 5) is 26.6. The Morgan fingerprint density at radius 2 is 1.94 bits per heavy atom. The van der Waals surface area contributed by atoms with E-state index in [-0.39, 0.29) is 23.5 Å². The van der Waals surface area contributed by atoms with Crippen LogP contribution in [0, 0.1) is 11.8 Å². The van der Waals surface area contributed by atoms with E-state index in [1.54, 1.807) is 18.2 Å². The molecule has 1 saturated heterocycles. The highest BCUT2D eigenvalue weighted by molar-refractivity contribution is 7.81. The van der Waals surface area contributed by atoms with Gasteiger partial charge in [0.15, 0.2) is 11.4 Å².